The predicted octanol–water partition coefficient (Wildman–Crippen LogP) is 24.8. The Kier molecular flexibility index (Phi) is 28.3. The lowest BCUT2D eigenvalue weighted by Gasteiger charge is -2.31. The van der Waals surface area contributed by atoms with E-state index in [2.05, 4.69) is 222 Å². The van der Waals surface area contributed by atoms with Gasteiger partial charge in [0.15, 0.2) is 11.2 Å². The Labute approximate surface area is 617 Å². The number of aromatic nitrogens is 4. The van der Waals surface area contributed by atoms with Gasteiger partial charge in [0.25, 0.3) is 13.7 Å². The fourth-order valence-electron chi connectivity index (χ4n) is 16.9. The van der Waals surface area contributed by atoms with Crippen LogP contribution in [0.4, 0.5) is 0 Å². The fourth-order valence-corrected chi connectivity index (χ4v) is 16.9. The first-order chi connectivity index (χ1) is 48.3. The summed E-state index contributed by atoms with van der Waals surface area (Å²) >= 11 is 0. The molecule has 4 heterocycles. The molecule has 8 aromatic rings. The number of fused-ring (bicyclic) bond motifs is 3. The van der Waals surface area contributed by atoms with Crippen LogP contribution < -0.4 is 20.2 Å². The first-order valence-corrected chi connectivity index (χ1v) is 39.9. The van der Waals surface area contributed by atoms with Crippen molar-refractivity contribution < 1.29 is 18.3 Å². The summed E-state index contributed by atoms with van der Waals surface area (Å²) in [5.41, 5.74) is 9.92. The van der Waals surface area contributed by atoms with Gasteiger partial charge in [-0.1, -0.05) is 264 Å². The van der Waals surface area contributed by atoms with Crippen molar-refractivity contribution in [3.05, 3.63) is 119 Å². The molecule has 4 aromatic carbocycles. The van der Waals surface area contributed by atoms with Crippen molar-refractivity contribution >= 4 is 57.8 Å². The molecule has 102 heavy (non-hydrogen) atoms. The number of aryl methyl sites for hydroxylation is 2. The van der Waals surface area contributed by atoms with Crippen molar-refractivity contribution in [1.82, 2.24) is 18.9 Å². The Bertz CT molecular complexity index is 3970. The van der Waals surface area contributed by atoms with Crippen LogP contribution in [-0.2, 0) is 0 Å². The van der Waals surface area contributed by atoms with Crippen molar-refractivity contribution in [2.45, 2.75) is 280 Å². The SMILES string of the molecule is CCCCB(CCCC)n1c(-c2cccc(OCC(CCC(C)CC(C)(C)C)C(C)CC(C)(C)C)c2)c2/c(=C(\C#N)c3nc4cc(C)ccc4o3)n(B(CCCC)CCCC)c(-c3cccc(OCC(CCC(C)CC(C)(C)C)C(C)CC(C)(C)C)c3)c2/c1=C(\C#N)c1nc2cc(C)ccc2o1. The molecule has 0 spiro atoms. The van der Waals surface area contributed by atoms with Crippen molar-refractivity contribution in [2.75, 3.05) is 13.2 Å². The molecule has 10 nitrogen and oxygen atoms in total. The topological polar surface area (TPSA) is 128 Å². The Balaban J connectivity index is 1.58. The maximum absolute atomic E-state index is 12.5. The summed E-state index contributed by atoms with van der Waals surface area (Å²) < 4.78 is 33.6. The van der Waals surface area contributed by atoms with Crippen LogP contribution in [0.5, 0.6) is 11.5 Å². The van der Waals surface area contributed by atoms with E-state index >= 15 is 0 Å². The molecule has 0 bridgehead atoms. The molecule has 550 valence electrons. The Hall–Kier alpha value is -6.91. The zero-order valence-corrected chi connectivity index (χ0v) is 67.6. The largest absolute Gasteiger partial charge is 0.493 e. The zero-order chi connectivity index (χ0) is 74.4. The molecule has 0 aliphatic heterocycles. The van der Waals surface area contributed by atoms with E-state index in [1.165, 1.54) is 12.8 Å². The summed E-state index contributed by atoms with van der Waals surface area (Å²) in [6.07, 6.45) is 20.2. The van der Waals surface area contributed by atoms with E-state index in [4.69, 9.17) is 28.3 Å². The van der Waals surface area contributed by atoms with E-state index in [1.54, 1.807) is 0 Å². The van der Waals surface area contributed by atoms with Gasteiger partial charge in [0.1, 0.15) is 45.8 Å². The van der Waals surface area contributed by atoms with E-state index in [0.29, 0.717) is 82.1 Å². The molecule has 6 unspecified atom stereocenters. The number of benzene rings is 4. The van der Waals surface area contributed by atoms with Crippen LogP contribution in [0.1, 0.15) is 264 Å². The lowest BCUT2D eigenvalue weighted by Crippen LogP contribution is -2.38. The third-order valence-electron chi connectivity index (χ3n) is 21.3. The van der Waals surface area contributed by atoms with E-state index < -0.39 is 0 Å². The summed E-state index contributed by atoms with van der Waals surface area (Å²) in [4.78, 5) is 10.6. The van der Waals surface area contributed by atoms with E-state index in [9.17, 15) is 10.5 Å². The summed E-state index contributed by atoms with van der Waals surface area (Å²) in [6, 6.07) is 35.4. The number of nitrogens with zero attached hydrogens (tertiary/aromatic N) is 6. The predicted molar refractivity (Wildman–Crippen MR) is 434 cm³/mol. The molecule has 0 saturated carbocycles. The molecular formula is C90H130B2N6O4. The minimum Gasteiger partial charge on any atom is -0.493 e. The normalized spacial score (nSPS) is 14.9. The van der Waals surface area contributed by atoms with Gasteiger partial charge in [0, 0.05) is 33.3 Å². The van der Waals surface area contributed by atoms with Gasteiger partial charge in [-0.15, -0.1) is 0 Å². The maximum atomic E-state index is 12.5. The summed E-state index contributed by atoms with van der Waals surface area (Å²) in [6.45, 7) is 52.3. The number of ether oxygens (including phenoxy) is 2. The van der Waals surface area contributed by atoms with Crippen LogP contribution >= 0.6 is 0 Å². The molecule has 0 N–H and O–H groups in total. The van der Waals surface area contributed by atoms with Gasteiger partial charge in [-0.3, -0.25) is 0 Å². The number of rotatable bonds is 36. The number of hydrogen-bond donors (Lipinski definition) is 0. The van der Waals surface area contributed by atoms with E-state index in [1.807, 2.05) is 36.4 Å². The van der Waals surface area contributed by atoms with E-state index in [0.717, 1.165) is 182 Å². The highest BCUT2D eigenvalue weighted by molar-refractivity contribution is 6.59. The van der Waals surface area contributed by atoms with Gasteiger partial charge in [0.2, 0.25) is 11.8 Å². The van der Waals surface area contributed by atoms with Crippen LogP contribution in [0.2, 0.25) is 25.3 Å². The number of oxazole rings is 2. The second kappa shape index (κ2) is 35.7. The molecular weight excluding hydrogens is 1250 g/mol. The monoisotopic (exact) mass is 1380 g/mol. The third-order valence-corrected chi connectivity index (χ3v) is 21.3. The van der Waals surface area contributed by atoms with Crippen molar-refractivity contribution in [3.63, 3.8) is 0 Å². The molecule has 0 saturated heterocycles. The zero-order valence-electron chi connectivity index (χ0n) is 67.6. The maximum Gasteiger partial charge on any atom is 0.260 e. The van der Waals surface area contributed by atoms with Crippen LogP contribution in [0.3, 0.4) is 0 Å². The average Bonchev–Trinajstić information content (AvgIpc) is 1.53. The molecule has 0 amide bonds. The van der Waals surface area contributed by atoms with E-state index in [-0.39, 0.29) is 47.1 Å². The average molecular weight is 1380 g/mol. The number of unbranched alkanes of at least 4 members (excludes halogenated alkanes) is 4. The molecule has 8 rings (SSSR count). The van der Waals surface area contributed by atoms with Crippen molar-refractivity contribution in [2.24, 2.45) is 57.2 Å². The smallest absolute Gasteiger partial charge is 0.260 e. The molecule has 6 atom stereocenters. The van der Waals surface area contributed by atoms with Crippen molar-refractivity contribution in [1.29, 1.82) is 10.5 Å². The highest BCUT2D eigenvalue weighted by atomic mass is 16.5. The second-order valence-corrected chi connectivity index (χ2v) is 36.3. The minimum absolute atomic E-state index is 0.102. The molecule has 12 heteroatoms. The highest BCUT2D eigenvalue weighted by Crippen LogP contribution is 2.43. The summed E-state index contributed by atoms with van der Waals surface area (Å²) in [5, 5.41) is 28.2. The van der Waals surface area contributed by atoms with Gasteiger partial charge >= 0.3 is 0 Å². The fraction of sp³-hybridized carbons (Fsp3) is 0.600. The number of hydrogen-bond acceptors (Lipinski definition) is 8. The molecule has 0 aliphatic rings. The van der Waals surface area contributed by atoms with Crippen LogP contribution in [0, 0.1) is 93.7 Å². The first-order valence-electron chi connectivity index (χ1n) is 39.9. The second-order valence-electron chi connectivity index (χ2n) is 36.3. The third kappa shape index (κ3) is 21.6. The van der Waals surface area contributed by atoms with Gasteiger partial charge in [0.05, 0.1) is 23.9 Å². The Morgan fingerprint density at radius 1 is 0.471 bits per heavy atom. The van der Waals surface area contributed by atoms with Gasteiger partial charge in [-0.25, -0.2) is 9.97 Å². The molecule has 0 aliphatic carbocycles. The highest BCUT2D eigenvalue weighted by Gasteiger charge is 2.37. The quantitative estimate of drug-likeness (QED) is 0.0355. The van der Waals surface area contributed by atoms with Crippen molar-refractivity contribution in [3.8, 4) is 46.2 Å². The lowest BCUT2D eigenvalue weighted by atomic mass is 9.53. The molecule has 4 aromatic heterocycles. The van der Waals surface area contributed by atoms with Gasteiger partial charge in [-0.2, -0.15) is 10.5 Å². The molecule has 0 fully saturated rings. The minimum atomic E-state index is -0.102. The van der Waals surface area contributed by atoms with Gasteiger partial charge < -0.3 is 27.3 Å². The lowest BCUT2D eigenvalue weighted by molar-refractivity contribution is 0.147. The van der Waals surface area contributed by atoms with Crippen LogP contribution in [-0.4, -0.2) is 45.8 Å². The Morgan fingerprint density at radius 2 is 0.814 bits per heavy atom. The first kappa shape index (κ1) is 80.8. The standard InChI is InChI=1S/C90H130B2N6O4/c1-23-27-45-91(46-28-24-2)97-81(67-33-31-35-71(51-67)99-59-69(65(9)55-89(17,18)19)41-37-63(7)53-87(11,12)13)79-80(83(97)73(57-93)85-95-75-49-61(5)39-43-77(75)101-85)82(68-34-32-36-72(52-68)100-60-70(66(10)56-90(20,21)22)42-38-64(8)54-88(14,15)16)98(92(47-29-25-3)48-30-26-4)84(79)74(58-94)86-96-76-50-62(6)40-44-78(76)102-86/h31-36,39-40,43-44,49-52,63-66,69-70H,23-30,37-38,41-42,45-48,53-56,59-60H2,1-22H3/b83-73-,84-74-. The molecule has 0 radical (unpaired) electrons. The summed E-state index contributed by atoms with van der Waals surface area (Å²) in [7, 11) is 0. The summed E-state index contributed by atoms with van der Waals surface area (Å²) in [5.74, 6) is 4.80. The van der Waals surface area contributed by atoms with Crippen LogP contribution in [0.15, 0.2) is 93.8 Å². The number of nitriles is 2. The van der Waals surface area contributed by atoms with Gasteiger partial charge in [-0.05, 0) is 169 Å². The van der Waals surface area contributed by atoms with Crippen LogP contribution in [0.25, 0.3) is 66.6 Å². The Morgan fingerprint density at radius 3 is 1.13 bits per heavy atom.